The van der Waals surface area contributed by atoms with Crippen molar-refractivity contribution in [1.29, 1.82) is 0 Å². The van der Waals surface area contributed by atoms with Crippen LogP contribution in [0.25, 0.3) is 11.4 Å². The number of nitrogens with one attached hydrogen (secondary N) is 1. The molecule has 0 aliphatic rings. The molecule has 1 N–H and O–H groups in total. The van der Waals surface area contributed by atoms with E-state index in [0.717, 1.165) is 11.4 Å². The number of thioether (sulfide) groups is 1. The second kappa shape index (κ2) is 10.8. The van der Waals surface area contributed by atoms with Crippen LogP contribution in [-0.2, 0) is 11.3 Å². The first-order chi connectivity index (χ1) is 15.7. The summed E-state index contributed by atoms with van der Waals surface area (Å²) in [4.78, 5) is 31.0. The molecule has 3 aromatic rings. The van der Waals surface area contributed by atoms with Gasteiger partial charge in [-0.05, 0) is 18.4 Å². The van der Waals surface area contributed by atoms with Crippen LogP contribution in [0.1, 0.15) is 40.7 Å². The number of rotatable bonds is 9. The van der Waals surface area contributed by atoms with Gasteiger partial charge in [0.25, 0.3) is 5.91 Å². The first-order valence-corrected chi connectivity index (χ1v) is 12.3. The fourth-order valence-corrected chi connectivity index (χ4v) is 4.81. The standard InChI is InChI=1S/C23H28N6O2S2/c1-7-12-29-20(17-10-8-16(9-11-17)14(2)3)26-27-23(29)32-13-18(30)25-22-24-15(4)19(33-22)21(31)28(5)6/h7-11,14H,1,12-13H2,2-6H3,(H,24,25,30). The molecule has 0 spiro atoms. The Morgan fingerprint density at radius 2 is 1.94 bits per heavy atom. The SMILES string of the molecule is C=CCn1c(SCC(=O)Nc2nc(C)c(C(=O)N(C)C)s2)nnc1-c1ccc(C(C)C)cc1. The average Bonchev–Trinajstić information content (AvgIpc) is 3.34. The van der Waals surface area contributed by atoms with Gasteiger partial charge in [0.15, 0.2) is 16.1 Å². The van der Waals surface area contributed by atoms with Crippen molar-refractivity contribution in [2.45, 2.75) is 38.4 Å². The number of allylic oxidation sites excluding steroid dienone is 1. The van der Waals surface area contributed by atoms with E-state index in [9.17, 15) is 9.59 Å². The molecule has 10 heteroatoms. The molecule has 0 saturated heterocycles. The lowest BCUT2D eigenvalue weighted by Crippen LogP contribution is -2.21. The summed E-state index contributed by atoms with van der Waals surface area (Å²) in [6, 6.07) is 8.27. The van der Waals surface area contributed by atoms with Crippen molar-refractivity contribution in [3.63, 3.8) is 0 Å². The molecule has 33 heavy (non-hydrogen) atoms. The zero-order valence-electron chi connectivity index (χ0n) is 19.5. The molecular formula is C23H28N6O2S2. The largest absolute Gasteiger partial charge is 0.344 e. The number of aryl methyl sites for hydroxylation is 1. The Hall–Kier alpha value is -2.98. The lowest BCUT2D eigenvalue weighted by molar-refractivity contribution is -0.113. The van der Waals surface area contributed by atoms with Crippen molar-refractivity contribution in [2.24, 2.45) is 0 Å². The summed E-state index contributed by atoms with van der Waals surface area (Å²) in [6.07, 6.45) is 1.78. The lowest BCUT2D eigenvalue weighted by Gasteiger charge is -2.09. The van der Waals surface area contributed by atoms with Crippen LogP contribution in [0.15, 0.2) is 42.1 Å². The minimum absolute atomic E-state index is 0.133. The minimum atomic E-state index is -0.228. The molecule has 0 atom stereocenters. The topological polar surface area (TPSA) is 93.0 Å². The third-order valence-corrected chi connectivity index (χ3v) is 6.87. The zero-order chi connectivity index (χ0) is 24.1. The van der Waals surface area contributed by atoms with Crippen molar-refractivity contribution >= 4 is 40.0 Å². The normalized spacial score (nSPS) is 11.0. The molecule has 8 nitrogen and oxygen atoms in total. The smallest absolute Gasteiger partial charge is 0.265 e. The molecule has 0 fully saturated rings. The number of benzene rings is 1. The summed E-state index contributed by atoms with van der Waals surface area (Å²) < 4.78 is 1.94. The summed E-state index contributed by atoms with van der Waals surface area (Å²) in [5.41, 5.74) is 2.81. The Morgan fingerprint density at radius 3 is 2.55 bits per heavy atom. The van der Waals surface area contributed by atoms with Gasteiger partial charge in [0.05, 0.1) is 11.4 Å². The molecule has 174 valence electrons. The Bertz CT molecular complexity index is 1150. The van der Waals surface area contributed by atoms with Gasteiger partial charge in [-0.1, -0.05) is 67.3 Å². The van der Waals surface area contributed by atoms with Crippen LogP contribution in [0.5, 0.6) is 0 Å². The van der Waals surface area contributed by atoms with E-state index >= 15 is 0 Å². The third kappa shape index (κ3) is 5.88. The molecule has 0 bridgehead atoms. The lowest BCUT2D eigenvalue weighted by atomic mass is 10.0. The minimum Gasteiger partial charge on any atom is -0.344 e. The molecule has 2 aromatic heterocycles. The summed E-state index contributed by atoms with van der Waals surface area (Å²) >= 11 is 2.46. The van der Waals surface area contributed by atoms with Gasteiger partial charge in [0.2, 0.25) is 5.91 Å². The van der Waals surface area contributed by atoms with Crippen LogP contribution < -0.4 is 5.32 Å². The van der Waals surface area contributed by atoms with Crippen LogP contribution in [0, 0.1) is 6.92 Å². The highest BCUT2D eigenvalue weighted by atomic mass is 32.2. The number of hydrogen-bond acceptors (Lipinski definition) is 7. The van der Waals surface area contributed by atoms with Crippen LogP contribution in [-0.4, -0.2) is 56.3 Å². The highest BCUT2D eigenvalue weighted by molar-refractivity contribution is 7.99. The van der Waals surface area contributed by atoms with Gasteiger partial charge < -0.3 is 10.2 Å². The number of amides is 2. The maximum atomic E-state index is 12.5. The van der Waals surface area contributed by atoms with Gasteiger partial charge in [-0.2, -0.15) is 0 Å². The maximum Gasteiger partial charge on any atom is 0.265 e. The second-order valence-corrected chi connectivity index (χ2v) is 9.89. The fraction of sp³-hybridized carbons (Fsp3) is 0.348. The van der Waals surface area contributed by atoms with Crippen molar-refractivity contribution in [1.82, 2.24) is 24.6 Å². The Kier molecular flexibility index (Phi) is 8.04. The molecule has 3 rings (SSSR count). The van der Waals surface area contributed by atoms with Gasteiger partial charge >= 0.3 is 0 Å². The number of anilines is 1. The maximum absolute atomic E-state index is 12.5. The molecule has 2 amide bonds. The number of thiazole rings is 1. The average molecular weight is 485 g/mol. The van der Waals surface area contributed by atoms with Gasteiger partial charge in [-0.25, -0.2) is 4.98 Å². The summed E-state index contributed by atoms with van der Waals surface area (Å²) in [5.74, 6) is 0.959. The van der Waals surface area contributed by atoms with Crippen LogP contribution in [0.2, 0.25) is 0 Å². The molecule has 1 aromatic carbocycles. The molecule has 0 radical (unpaired) electrons. The summed E-state index contributed by atoms with van der Waals surface area (Å²) in [7, 11) is 3.37. The molecular weight excluding hydrogens is 456 g/mol. The second-order valence-electron chi connectivity index (χ2n) is 7.95. The molecule has 0 aliphatic heterocycles. The zero-order valence-corrected chi connectivity index (χ0v) is 21.1. The monoisotopic (exact) mass is 484 g/mol. The first kappa shape index (κ1) is 24.7. The van der Waals surface area contributed by atoms with Gasteiger partial charge in [-0.3, -0.25) is 14.2 Å². The predicted octanol–water partition coefficient (Wildman–Crippen LogP) is 4.45. The number of carbonyl (C=O) groups is 2. The summed E-state index contributed by atoms with van der Waals surface area (Å²) in [5, 5.41) is 12.5. The summed E-state index contributed by atoms with van der Waals surface area (Å²) in [6.45, 7) is 10.4. The molecule has 0 aliphatic carbocycles. The number of aromatic nitrogens is 4. The van der Waals surface area contributed by atoms with E-state index in [1.165, 1.54) is 33.6 Å². The van der Waals surface area contributed by atoms with Gasteiger partial charge in [-0.15, -0.1) is 16.8 Å². The van der Waals surface area contributed by atoms with Crippen molar-refractivity contribution in [3.05, 3.63) is 53.1 Å². The number of carbonyl (C=O) groups excluding carboxylic acids is 2. The van der Waals surface area contributed by atoms with E-state index in [2.05, 4.69) is 53.1 Å². The van der Waals surface area contributed by atoms with Crippen LogP contribution >= 0.6 is 23.1 Å². The van der Waals surface area contributed by atoms with E-state index in [0.29, 0.717) is 33.3 Å². The van der Waals surface area contributed by atoms with Gasteiger partial charge in [0, 0.05) is 26.2 Å². The van der Waals surface area contributed by atoms with E-state index in [1.807, 2.05) is 16.7 Å². The van der Waals surface area contributed by atoms with Crippen LogP contribution in [0.3, 0.4) is 0 Å². The van der Waals surface area contributed by atoms with Gasteiger partial charge in [0.1, 0.15) is 4.88 Å². The van der Waals surface area contributed by atoms with E-state index < -0.39 is 0 Å². The fourth-order valence-electron chi connectivity index (χ4n) is 3.06. The van der Waals surface area contributed by atoms with Crippen LogP contribution in [0.4, 0.5) is 5.13 Å². The van der Waals surface area contributed by atoms with E-state index in [1.54, 1.807) is 27.1 Å². The first-order valence-electron chi connectivity index (χ1n) is 10.5. The molecule has 2 heterocycles. The highest BCUT2D eigenvalue weighted by Gasteiger charge is 2.19. The Balaban J connectivity index is 1.70. The van der Waals surface area contributed by atoms with E-state index in [-0.39, 0.29) is 17.6 Å². The Morgan fingerprint density at radius 1 is 1.24 bits per heavy atom. The highest BCUT2D eigenvalue weighted by Crippen LogP contribution is 2.27. The number of nitrogens with zero attached hydrogens (tertiary/aromatic N) is 5. The quantitative estimate of drug-likeness (QED) is 0.356. The van der Waals surface area contributed by atoms with Crippen molar-refractivity contribution in [3.8, 4) is 11.4 Å². The third-order valence-electron chi connectivity index (χ3n) is 4.84. The molecule has 0 saturated carbocycles. The van der Waals surface area contributed by atoms with Crippen molar-refractivity contribution < 1.29 is 9.59 Å². The molecule has 0 unspecified atom stereocenters. The number of hydrogen-bond donors (Lipinski definition) is 1. The van der Waals surface area contributed by atoms with Crippen molar-refractivity contribution in [2.75, 3.05) is 25.2 Å². The predicted molar refractivity (Wildman–Crippen MR) is 134 cm³/mol. The Labute approximate surface area is 202 Å². The van der Waals surface area contributed by atoms with E-state index in [4.69, 9.17) is 0 Å².